The van der Waals surface area contributed by atoms with E-state index in [-0.39, 0.29) is 28.6 Å². The molecule has 0 unspecified atom stereocenters. The molecule has 0 radical (unpaired) electrons. The van der Waals surface area contributed by atoms with E-state index in [1.807, 2.05) is 0 Å². The lowest BCUT2D eigenvalue weighted by Crippen LogP contribution is -2.08. The Kier molecular flexibility index (Phi) is 4.29. The van der Waals surface area contributed by atoms with E-state index in [2.05, 4.69) is 4.98 Å². The van der Waals surface area contributed by atoms with Crippen molar-refractivity contribution < 1.29 is 18.3 Å². The molecule has 0 fully saturated rings. The van der Waals surface area contributed by atoms with Gasteiger partial charge in [-0.1, -0.05) is 11.6 Å². The van der Waals surface area contributed by atoms with Crippen molar-refractivity contribution in [1.82, 2.24) is 4.98 Å². The van der Waals surface area contributed by atoms with Crippen LogP contribution >= 0.6 is 11.6 Å². The van der Waals surface area contributed by atoms with E-state index in [1.165, 1.54) is 18.2 Å². The van der Waals surface area contributed by atoms with Gasteiger partial charge < -0.3 is 4.74 Å². The number of esters is 1. The molecule has 1 aromatic heterocycles. The minimum absolute atomic E-state index is 0.0167. The molecule has 3 nitrogen and oxygen atoms in total. The van der Waals surface area contributed by atoms with Crippen LogP contribution < -0.4 is 0 Å². The molecular formula is C14H10ClF2NO2. The molecule has 0 atom stereocenters. The third-order valence-electron chi connectivity index (χ3n) is 2.54. The number of ether oxygens (including phenoxy) is 1. The Morgan fingerprint density at radius 3 is 2.70 bits per heavy atom. The molecule has 0 spiro atoms. The highest BCUT2D eigenvalue weighted by Gasteiger charge is 2.18. The van der Waals surface area contributed by atoms with Crippen LogP contribution in [0, 0.1) is 11.6 Å². The Labute approximate surface area is 119 Å². The molecule has 20 heavy (non-hydrogen) atoms. The standard InChI is InChI=1S/C14H10ClF2NO2/c1-2-20-14(19)10-5-6-12(15)18-13(10)9-4-3-8(16)7-11(9)17/h3-7H,2H2,1H3. The number of halogens is 3. The number of benzene rings is 1. The van der Waals surface area contributed by atoms with Crippen LogP contribution in [0.3, 0.4) is 0 Å². The fourth-order valence-corrected chi connectivity index (χ4v) is 1.84. The molecule has 104 valence electrons. The van der Waals surface area contributed by atoms with Crippen LogP contribution in [0.15, 0.2) is 30.3 Å². The van der Waals surface area contributed by atoms with Gasteiger partial charge in [0.25, 0.3) is 0 Å². The van der Waals surface area contributed by atoms with Crippen LogP contribution in [0.1, 0.15) is 17.3 Å². The Bertz CT molecular complexity index is 662. The van der Waals surface area contributed by atoms with E-state index in [0.717, 1.165) is 6.07 Å². The summed E-state index contributed by atoms with van der Waals surface area (Å²) in [4.78, 5) is 15.8. The molecule has 0 aliphatic rings. The number of rotatable bonds is 3. The number of carbonyl (C=O) groups is 1. The first-order chi connectivity index (χ1) is 9.52. The van der Waals surface area contributed by atoms with Gasteiger partial charge in [-0.3, -0.25) is 0 Å². The summed E-state index contributed by atoms with van der Waals surface area (Å²) < 4.78 is 31.6. The summed E-state index contributed by atoms with van der Waals surface area (Å²) in [6.45, 7) is 1.83. The van der Waals surface area contributed by atoms with Gasteiger partial charge in [0.05, 0.1) is 17.9 Å². The molecule has 2 aromatic rings. The zero-order chi connectivity index (χ0) is 14.7. The van der Waals surface area contributed by atoms with Crippen molar-refractivity contribution in [3.63, 3.8) is 0 Å². The van der Waals surface area contributed by atoms with Crippen LogP contribution in [-0.2, 0) is 4.74 Å². The van der Waals surface area contributed by atoms with Crippen molar-refractivity contribution >= 4 is 17.6 Å². The van der Waals surface area contributed by atoms with Crippen molar-refractivity contribution in [2.75, 3.05) is 6.61 Å². The SMILES string of the molecule is CCOC(=O)c1ccc(Cl)nc1-c1ccc(F)cc1F. The largest absolute Gasteiger partial charge is 0.462 e. The first kappa shape index (κ1) is 14.4. The fourth-order valence-electron chi connectivity index (χ4n) is 1.70. The van der Waals surface area contributed by atoms with Gasteiger partial charge in [-0.2, -0.15) is 0 Å². The number of carbonyl (C=O) groups excluding carboxylic acids is 1. The van der Waals surface area contributed by atoms with E-state index in [4.69, 9.17) is 16.3 Å². The minimum Gasteiger partial charge on any atom is -0.462 e. The monoisotopic (exact) mass is 297 g/mol. The van der Waals surface area contributed by atoms with E-state index in [0.29, 0.717) is 6.07 Å². The molecule has 0 aliphatic carbocycles. The molecule has 0 aliphatic heterocycles. The number of hydrogen-bond donors (Lipinski definition) is 0. The van der Waals surface area contributed by atoms with Crippen molar-refractivity contribution in [2.24, 2.45) is 0 Å². The van der Waals surface area contributed by atoms with Crippen LogP contribution in [-0.4, -0.2) is 17.6 Å². The smallest absolute Gasteiger partial charge is 0.340 e. The first-order valence-electron chi connectivity index (χ1n) is 5.82. The maximum Gasteiger partial charge on any atom is 0.340 e. The van der Waals surface area contributed by atoms with Crippen molar-refractivity contribution in [2.45, 2.75) is 6.92 Å². The quantitative estimate of drug-likeness (QED) is 0.638. The van der Waals surface area contributed by atoms with E-state index >= 15 is 0 Å². The number of pyridine rings is 1. The first-order valence-corrected chi connectivity index (χ1v) is 6.19. The van der Waals surface area contributed by atoms with E-state index in [9.17, 15) is 13.6 Å². The second kappa shape index (κ2) is 5.96. The lowest BCUT2D eigenvalue weighted by Gasteiger charge is -2.09. The minimum atomic E-state index is -0.828. The Hall–Kier alpha value is -2.01. The van der Waals surface area contributed by atoms with Crippen molar-refractivity contribution in [1.29, 1.82) is 0 Å². The highest BCUT2D eigenvalue weighted by Crippen LogP contribution is 2.27. The van der Waals surface area contributed by atoms with E-state index < -0.39 is 17.6 Å². The van der Waals surface area contributed by atoms with Gasteiger partial charge >= 0.3 is 5.97 Å². The zero-order valence-corrected chi connectivity index (χ0v) is 11.2. The fraction of sp³-hybridized carbons (Fsp3) is 0.143. The van der Waals surface area contributed by atoms with Gasteiger partial charge in [-0.15, -0.1) is 0 Å². The highest BCUT2D eigenvalue weighted by atomic mass is 35.5. The van der Waals surface area contributed by atoms with Crippen molar-refractivity contribution in [3.05, 3.63) is 52.7 Å². The summed E-state index contributed by atoms with van der Waals surface area (Å²) in [6.07, 6.45) is 0. The Morgan fingerprint density at radius 2 is 2.05 bits per heavy atom. The molecule has 1 heterocycles. The number of nitrogens with zero attached hydrogens (tertiary/aromatic N) is 1. The maximum atomic E-state index is 13.8. The maximum absolute atomic E-state index is 13.8. The molecule has 0 saturated heterocycles. The van der Waals surface area contributed by atoms with Crippen LogP contribution in [0.5, 0.6) is 0 Å². The third-order valence-corrected chi connectivity index (χ3v) is 2.75. The molecule has 1 aromatic carbocycles. The van der Waals surface area contributed by atoms with Gasteiger partial charge in [0.15, 0.2) is 0 Å². The predicted molar refractivity (Wildman–Crippen MR) is 70.6 cm³/mol. The van der Waals surface area contributed by atoms with Gasteiger partial charge in [-0.05, 0) is 31.2 Å². The summed E-state index contributed by atoms with van der Waals surface area (Å²) in [7, 11) is 0. The average Bonchev–Trinajstić information content (AvgIpc) is 2.38. The lowest BCUT2D eigenvalue weighted by atomic mass is 10.1. The molecule has 0 amide bonds. The van der Waals surface area contributed by atoms with Gasteiger partial charge in [0.1, 0.15) is 16.8 Å². The summed E-state index contributed by atoms with van der Waals surface area (Å²) in [5.41, 5.74) is 0.0761. The second-order valence-electron chi connectivity index (χ2n) is 3.87. The molecule has 0 saturated carbocycles. The zero-order valence-electron chi connectivity index (χ0n) is 10.5. The molecule has 0 N–H and O–H groups in total. The Balaban J connectivity index is 2.59. The van der Waals surface area contributed by atoms with Gasteiger partial charge in [-0.25, -0.2) is 18.6 Å². The number of hydrogen-bond acceptors (Lipinski definition) is 3. The normalized spacial score (nSPS) is 10.4. The van der Waals surface area contributed by atoms with Crippen molar-refractivity contribution in [3.8, 4) is 11.3 Å². The molecule has 6 heteroatoms. The summed E-state index contributed by atoms with van der Waals surface area (Å²) in [5, 5.41) is 0.0942. The molecule has 0 bridgehead atoms. The van der Waals surface area contributed by atoms with Gasteiger partial charge in [0, 0.05) is 11.6 Å². The highest BCUT2D eigenvalue weighted by molar-refractivity contribution is 6.29. The average molecular weight is 298 g/mol. The molecule has 2 rings (SSSR count). The predicted octanol–water partition coefficient (Wildman–Crippen LogP) is 3.86. The number of aromatic nitrogens is 1. The summed E-state index contributed by atoms with van der Waals surface area (Å²) in [5.74, 6) is -2.19. The van der Waals surface area contributed by atoms with Gasteiger partial charge in [0.2, 0.25) is 0 Å². The van der Waals surface area contributed by atoms with Crippen LogP contribution in [0.4, 0.5) is 8.78 Å². The lowest BCUT2D eigenvalue weighted by molar-refractivity contribution is 0.0527. The summed E-state index contributed by atoms with van der Waals surface area (Å²) in [6, 6.07) is 5.79. The van der Waals surface area contributed by atoms with Crippen LogP contribution in [0.25, 0.3) is 11.3 Å². The Morgan fingerprint density at radius 1 is 1.30 bits per heavy atom. The third kappa shape index (κ3) is 2.93. The van der Waals surface area contributed by atoms with Crippen LogP contribution in [0.2, 0.25) is 5.15 Å². The molecular weight excluding hydrogens is 288 g/mol. The summed E-state index contributed by atoms with van der Waals surface area (Å²) >= 11 is 5.77. The van der Waals surface area contributed by atoms with E-state index in [1.54, 1.807) is 6.92 Å². The topological polar surface area (TPSA) is 39.2 Å². The second-order valence-corrected chi connectivity index (χ2v) is 4.26.